The molecule has 0 N–H and O–H groups in total. The fraction of sp³-hybridized carbons (Fsp3) is 0.0417. The second kappa shape index (κ2) is 7.11. The molecule has 5 rings (SSSR count). The van der Waals surface area contributed by atoms with Crippen LogP contribution < -0.4 is 5.56 Å². The van der Waals surface area contributed by atoms with E-state index in [9.17, 15) is 9.59 Å². The number of hydrogen-bond donors (Lipinski definition) is 0. The van der Waals surface area contributed by atoms with Gasteiger partial charge in [0.1, 0.15) is 4.83 Å². The number of hydrogen-bond acceptors (Lipinski definition) is 4. The van der Waals surface area contributed by atoms with Gasteiger partial charge < -0.3 is 0 Å². The van der Waals surface area contributed by atoms with Crippen LogP contribution in [0.15, 0.2) is 89.3 Å². The third kappa shape index (κ3) is 3.15. The Morgan fingerprint density at radius 2 is 1.69 bits per heavy atom. The van der Waals surface area contributed by atoms with Crippen LogP contribution in [0.2, 0.25) is 0 Å². The first kappa shape index (κ1) is 17.5. The molecule has 0 bridgehead atoms. The molecule has 4 nitrogen and oxygen atoms in total. The van der Waals surface area contributed by atoms with Gasteiger partial charge in [0.05, 0.1) is 18.3 Å². The second-order valence-electron chi connectivity index (χ2n) is 6.86. The highest BCUT2D eigenvalue weighted by Crippen LogP contribution is 2.30. The van der Waals surface area contributed by atoms with Crippen LogP contribution in [0.5, 0.6) is 0 Å². The topological polar surface area (TPSA) is 52.0 Å². The molecule has 0 saturated carbocycles. The maximum Gasteiger partial charge on any atom is 0.263 e. The van der Waals surface area contributed by atoms with Crippen molar-refractivity contribution in [1.82, 2.24) is 9.55 Å². The molecule has 5 heteroatoms. The van der Waals surface area contributed by atoms with Gasteiger partial charge in [-0.2, -0.15) is 0 Å². The van der Waals surface area contributed by atoms with Gasteiger partial charge in [-0.1, -0.05) is 66.7 Å². The number of nitrogens with zero attached hydrogens (tertiary/aromatic N) is 2. The van der Waals surface area contributed by atoms with Gasteiger partial charge in [0.15, 0.2) is 5.78 Å². The summed E-state index contributed by atoms with van der Waals surface area (Å²) in [5.41, 5.74) is 2.22. The van der Waals surface area contributed by atoms with Gasteiger partial charge in [-0.05, 0) is 22.4 Å². The highest BCUT2D eigenvalue weighted by Gasteiger charge is 2.15. The summed E-state index contributed by atoms with van der Waals surface area (Å²) < 4.78 is 1.40. The van der Waals surface area contributed by atoms with Crippen molar-refractivity contribution >= 4 is 38.1 Å². The number of aromatic nitrogens is 2. The van der Waals surface area contributed by atoms with E-state index in [4.69, 9.17) is 0 Å². The number of carbonyl (C=O) groups is 1. The lowest BCUT2D eigenvalue weighted by molar-refractivity contribution is 0.0971. The molecule has 0 radical (unpaired) electrons. The van der Waals surface area contributed by atoms with Crippen LogP contribution in [-0.2, 0) is 6.54 Å². The van der Waals surface area contributed by atoms with Crippen LogP contribution >= 0.6 is 11.3 Å². The van der Waals surface area contributed by atoms with Gasteiger partial charge in [0, 0.05) is 16.5 Å². The summed E-state index contributed by atoms with van der Waals surface area (Å²) in [6, 6.07) is 23.3. The highest BCUT2D eigenvalue weighted by atomic mass is 32.1. The van der Waals surface area contributed by atoms with Crippen molar-refractivity contribution in [2.45, 2.75) is 6.54 Å². The van der Waals surface area contributed by atoms with Crippen molar-refractivity contribution in [3.8, 4) is 11.1 Å². The molecule has 0 aliphatic heterocycles. The monoisotopic (exact) mass is 396 g/mol. The molecular weight excluding hydrogens is 380 g/mol. The van der Waals surface area contributed by atoms with Crippen LogP contribution in [-0.4, -0.2) is 15.3 Å². The minimum absolute atomic E-state index is 0.0375. The Morgan fingerprint density at radius 3 is 2.52 bits per heavy atom. The van der Waals surface area contributed by atoms with Crippen molar-refractivity contribution in [2.24, 2.45) is 0 Å². The SMILES string of the molecule is O=C(Cn1cnc2scc(-c3ccccc3)c2c1=O)c1ccc2ccccc2c1. The van der Waals surface area contributed by atoms with Crippen molar-refractivity contribution in [3.05, 3.63) is 100 Å². The lowest BCUT2D eigenvalue weighted by atomic mass is 10.0. The zero-order chi connectivity index (χ0) is 19.8. The minimum atomic E-state index is -0.191. The number of carbonyl (C=O) groups excluding carboxylic acids is 1. The van der Waals surface area contributed by atoms with Crippen molar-refractivity contribution in [3.63, 3.8) is 0 Å². The van der Waals surface area contributed by atoms with Gasteiger partial charge in [-0.25, -0.2) is 4.98 Å². The smallest absolute Gasteiger partial charge is 0.263 e. The number of Topliss-reactive ketones (excluding diaryl/α,β-unsaturated/α-hetero) is 1. The van der Waals surface area contributed by atoms with E-state index < -0.39 is 0 Å². The Balaban J connectivity index is 1.54. The number of benzene rings is 3. The zero-order valence-corrected chi connectivity index (χ0v) is 16.2. The third-order valence-electron chi connectivity index (χ3n) is 5.03. The molecule has 0 amide bonds. The van der Waals surface area contributed by atoms with E-state index in [2.05, 4.69) is 4.98 Å². The van der Waals surface area contributed by atoms with Crippen LogP contribution in [0.1, 0.15) is 10.4 Å². The Hall–Kier alpha value is -3.57. The summed E-state index contributed by atoms with van der Waals surface area (Å²) in [6.45, 7) is -0.0375. The van der Waals surface area contributed by atoms with Crippen LogP contribution in [0.25, 0.3) is 32.1 Å². The van der Waals surface area contributed by atoms with E-state index in [1.54, 1.807) is 0 Å². The number of fused-ring (bicyclic) bond motifs is 2. The molecule has 140 valence electrons. The van der Waals surface area contributed by atoms with E-state index >= 15 is 0 Å². The minimum Gasteiger partial charge on any atom is -0.292 e. The lowest BCUT2D eigenvalue weighted by Gasteiger charge is -2.07. The maximum atomic E-state index is 13.1. The summed E-state index contributed by atoms with van der Waals surface area (Å²) in [5.74, 6) is -0.115. The summed E-state index contributed by atoms with van der Waals surface area (Å²) >= 11 is 1.44. The van der Waals surface area contributed by atoms with Crippen molar-refractivity contribution in [1.29, 1.82) is 0 Å². The van der Waals surface area contributed by atoms with Gasteiger partial charge in [0.2, 0.25) is 0 Å². The first-order valence-electron chi connectivity index (χ1n) is 9.25. The van der Waals surface area contributed by atoms with Crippen LogP contribution in [0.4, 0.5) is 0 Å². The van der Waals surface area contributed by atoms with Crippen molar-refractivity contribution < 1.29 is 4.79 Å². The molecule has 0 aliphatic rings. The van der Waals surface area contributed by atoms with E-state index in [1.165, 1.54) is 22.2 Å². The van der Waals surface area contributed by atoms with Crippen LogP contribution in [0, 0.1) is 0 Å². The zero-order valence-electron chi connectivity index (χ0n) is 15.4. The highest BCUT2D eigenvalue weighted by molar-refractivity contribution is 7.17. The Bertz CT molecular complexity index is 1420. The first-order chi connectivity index (χ1) is 14.2. The maximum absolute atomic E-state index is 13.1. The Labute approximate surface area is 170 Å². The first-order valence-corrected chi connectivity index (χ1v) is 10.1. The van der Waals surface area contributed by atoms with Crippen molar-refractivity contribution in [2.75, 3.05) is 0 Å². The summed E-state index contributed by atoms with van der Waals surface area (Å²) in [6.07, 6.45) is 1.47. The van der Waals surface area contributed by atoms with E-state index in [-0.39, 0.29) is 17.9 Å². The number of thiophene rings is 1. The average molecular weight is 396 g/mol. The molecule has 0 unspecified atom stereocenters. The molecule has 5 aromatic rings. The van der Waals surface area contributed by atoms with E-state index in [0.717, 1.165) is 21.9 Å². The molecule has 0 spiro atoms. The normalized spacial score (nSPS) is 11.2. The molecule has 0 saturated heterocycles. The Kier molecular flexibility index (Phi) is 4.30. The molecule has 0 aliphatic carbocycles. The largest absolute Gasteiger partial charge is 0.292 e. The molecule has 2 aromatic heterocycles. The van der Waals surface area contributed by atoms with Gasteiger partial charge >= 0.3 is 0 Å². The summed E-state index contributed by atoms with van der Waals surface area (Å²) in [4.78, 5) is 31.1. The fourth-order valence-electron chi connectivity index (χ4n) is 3.52. The molecule has 29 heavy (non-hydrogen) atoms. The van der Waals surface area contributed by atoms with E-state index in [0.29, 0.717) is 15.8 Å². The quantitative estimate of drug-likeness (QED) is 0.394. The summed E-state index contributed by atoms with van der Waals surface area (Å²) in [5, 5.41) is 4.60. The third-order valence-corrected chi connectivity index (χ3v) is 5.92. The van der Waals surface area contributed by atoms with Gasteiger partial charge in [0.25, 0.3) is 5.56 Å². The van der Waals surface area contributed by atoms with Crippen LogP contribution in [0.3, 0.4) is 0 Å². The average Bonchev–Trinajstić information content (AvgIpc) is 3.21. The number of rotatable bonds is 4. The fourth-order valence-corrected chi connectivity index (χ4v) is 4.43. The predicted octanol–water partition coefficient (Wildman–Crippen LogP) is 5.16. The standard InChI is InChI=1S/C24H16N2O2S/c27-21(19-11-10-16-6-4-5-9-18(16)12-19)13-26-15-25-23-22(24(26)28)20(14-29-23)17-7-2-1-3-8-17/h1-12,14-15H,13H2. The second-order valence-corrected chi connectivity index (χ2v) is 7.72. The molecule has 0 fully saturated rings. The van der Waals surface area contributed by atoms with Gasteiger partial charge in [-0.15, -0.1) is 11.3 Å². The van der Waals surface area contributed by atoms with E-state index in [1.807, 2.05) is 78.2 Å². The Morgan fingerprint density at radius 1 is 0.931 bits per heavy atom. The molecule has 0 atom stereocenters. The molecule has 3 aromatic carbocycles. The molecular formula is C24H16N2O2S. The summed E-state index contributed by atoms with van der Waals surface area (Å²) in [7, 11) is 0. The molecule has 2 heterocycles. The number of ketones is 1. The van der Waals surface area contributed by atoms with Gasteiger partial charge in [-0.3, -0.25) is 14.2 Å². The predicted molar refractivity (Wildman–Crippen MR) is 118 cm³/mol. The lowest BCUT2D eigenvalue weighted by Crippen LogP contribution is -2.24.